The molecular weight excluding hydrogens is 224 g/mol. The van der Waals surface area contributed by atoms with E-state index in [-0.39, 0.29) is 0 Å². The van der Waals surface area contributed by atoms with Crippen LogP contribution in [-0.4, -0.2) is 40.0 Å². The second-order valence-electron chi connectivity index (χ2n) is 5.26. The summed E-state index contributed by atoms with van der Waals surface area (Å²) < 4.78 is 2.11. The summed E-state index contributed by atoms with van der Waals surface area (Å²) in [6.45, 7) is 3.46. The number of hydrogen-bond donors (Lipinski definition) is 1. The first kappa shape index (κ1) is 11.5. The van der Waals surface area contributed by atoms with E-state index in [2.05, 4.69) is 45.7 Å². The lowest BCUT2D eigenvalue weighted by atomic mass is 9.99. The Kier molecular flexibility index (Phi) is 2.96. The highest BCUT2D eigenvalue weighted by Crippen LogP contribution is 2.20. The van der Waals surface area contributed by atoms with Gasteiger partial charge >= 0.3 is 0 Å². The number of imidazole rings is 1. The average Bonchev–Trinajstić information content (AvgIpc) is 2.83. The highest BCUT2D eigenvalue weighted by Gasteiger charge is 2.22. The largest absolute Gasteiger partial charge is 0.368 e. The third-order valence-electron chi connectivity index (χ3n) is 3.99. The Bertz CT molecular complexity index is 533. The van der Waals surface area contributed by atoms with Crippen molar-refractivity contribution in [3.8, 4) is 0 Å². The Labute approximate surface area is 108 Å². The summed E-state index contributed by atoms with van der Waals surface area (Å²) in [5, 5.41) is 3.66. The van der Waals surface area contributed by atoms with Gasteiger partial charge in [0.15, 0.2) is 0 Å². The zero-order valence-electron chi connectivity index (χ0n) is 11.0. The molecule has 2 aromatic rings. The van der Waals surface area contributed by atoms with E-state index >= 15 is 0 Å². The van der Waals surface area contributed by atoms with Crippen LogP contribution < -0.4 is 5.32 Å². The Morgan fingerprint density at radius 2 is 2.28 bits per heavy atom. The van der Waals surface area contributed by atoms with Gasteiger partial charge in [0.25, 0.3) is 0 Å². The molecule has 2 atom stereocenters. The van der Waals surface area contributed by atoms with Crippen molar-refractivity contribution < 1.29 is 0 Å². The smallest absolute Gasteiger partial charge is 0.138 e. The van der Waals surface area contributed by atoms with Gasteiger partial charge in [0, 0.05) is 31.0 Å². The van der Waals surface area contributed by atoms with Crippen LogP contribution in [0.5, 0.6) is 0 Å². The Morgan fingerprint density at radius 1 is 1.39 bits per heavy atom. The van der Waals surface area contributed by atoms with Crippen LogP contribution in [0, 0.1) is 0 Å². The molecule has 0 bridgehead atoms. The molecule has 3 rings (SSSR count). The number of pyridine rings is 1. The first-order valence-electron chi connectivity index (χ1n) is 6.63. The molecule has 1 aliphatic rings. The third kappa shape index (κ3) is 2.08. The maximum Gasteiger partial charge on any atom is 0.138 e. The summed E-state index contributed by atoms with van der Waals surface area (Å²) in [6, 6.07) is 7.42. The maximum atomic E-state index is 4.31. The van der Waals surface area contributed by atoms with Gasteiger partial charge in [0.2, 0.25) is 0 Å². The molecule has 4 heteroatoms. The third-order valence-corrected chi connectivity index (χ3v) is 3.99. The van der Waals surface area contributed by atoms with Gasteiger partial charge in [-0.15, -0.1) is 0 Å². The maximum absolute atomic E-state index is 4.31. The molecular formula is C14H20N4. The van der Waals surface area contributed by atoms with Crippen molar-refractivity contribution in [1.82, 2.24) is 14.3 Å². The quantitative estimate of drug-likeness (QED) is 0.879. The molecule has 0 radical (unpaired) electrons. The van der Waals surface area contributed by atoms with Crippen LogP contribution in [0.15, 0.2) is 30.6 Å². The number of nitrogens with zero attached hydrogens (tertiary/aromatic N) is 3. The number of anilines is 1. The zero-order valence-corrected chi connectivity index (χ0v) is 11.0. The minimum absolute atomic E-state index is 0.559. The lowest BCUT2D eigenvalue weighted by molar-refractivity contribution is 0.190. The van der Waals surface area contributed by atoms with Gasteiger partial charge in [0.1, 0.15) is 11.5 Å². The number of nitrogens with one attached hydrogen (secondary N) is 1. The predicted octanol–water partition coefficient (Wildman–Crippen LogP) is 2.23. The van der Waals surface area contributed by atoms with Crippen LogP contribution in [0.2, 0.25) is 0 Å². The number of hydrogen-bond acceptors (Lipinski definition) is 3. The van der Waals surface area contributed by atoms with E-state index in [0.29, 0.717) is 12.1 Å². The molecule has 0 spiro atoms. The van der Waals surface area contributed by atoms with Gasteiger partial charge in [-0.3, -0.25) is 4.40 Å². The summed E-state index contributed by atoms with van der Waals surface area (Å²) in [4.78, 5) is 6.74. The Morgan fingerprint density at radius 3 is 3.11 bits per heavy atom. The minimum atomic E-state index is 0.559. The monoisotopic (exact) mass is 244 g/mol. The SMILES string of the molecule is CC1CC(Nc2cccc3nccn23)CCN1C. The number of aromatic nitrogens is 2. The lowest BCUT2D eigenvalue weighted by Crippen LogP contribution is -2.42. The lowest BCUT2D eigenvalue weighted by Gasteiger charge is -2.35. The van der Waals surface area contributed by atoms with Crippen molar-refractivity contribution in [2.24, 2.45) is 0 Å². The molecule has 0 saturated carbocycles. The normalized spacial score (nSPS) is 25.4. The van der Waals surface area contributed by atoms with Crippen molar-refractivity contribution >= 4 is 11.5 Å². The molecule has 1 fully saturated rings. The molecule has 96 valence electrons. The fraction of sp³-hybridized carbons (Fsp3) is 0.500. The van der Waals surface area contributed by atoms with Gasteiger partial charge in [-0.05, 0) is 38.9 Å². The highest BCUT2D eigenvalue weighted by atomic mass is 15.2. The second kappa shape index (κ2) is 4.61. The Balaban J connectivity index is 1.78. The summed E-state index contributed by atoms with van der Waals surface area (Å²) in [5.74, 6) is 1.15. The van der Waals surface area contributed by atoms with E-state index in [1.165, 1.54) is 19.4 Å². The van der Waals surface area contributed by atoms with E-state index in [1.54, 1.807) is 0 Å². The zero-order chi connectivity index (χ0) is 12.5. The van der Waals surface area contributed by atoms with Crippen LogP contribution in [0.3, 0.4) is 0 Å². The topological polar surface area (TPSA) is 32.6 Å². The van der Waals surface area contributed by atoms with Crippen molar-refractivity contribution in [1.29, 1.82) is 0 Å². The standard InChI is InChI=1S/C14H20N4/c1-11-10-12(6-8-17(11)2)16-14-5-3-4-13-15-7-9-18(13)14/h3-5,7,9,11-12,16H,6,8,10H2,1-2H3. The highest BCUT2D eigenvalue weighted by molar-refractivity contribution is 5.50. The molecule has 1 saturated heterocycles. The van der Waals surface area contributed by atoms with Crippen LogP contribution >= 0.6 is 0 Å². The van der Waals surface area contributed by atoms with Gasteiger partial charge in [0.05, 0.1) is 0 Å². The first-order chi connectivity index (χ1) is 8.74. The molecule has 0 aromatic carbocycles. The predicted molar refractivity (Wildman–Crippen MR) is 73.9 cm³/mol. The number of piperidine rings is 1. The molecule has 2 aromatic heterocycles. The van der Waals surface area contributed by atoms with E-state index in [1.807, 2.05) is 18.5 Å². The van der Waals surface area contributed by atoms with Gasteiger partial charge in [-0.25, -0.2) is 4.98 Å². The van der Waals surface area contributed by atoms with Crippen LogP contribution in [0.25, 0.3) is 5.65 Å². The molecule has 0 amide bonds. The first-order valence-corrected chi connectivity index (χ1v) is 6.63. The summed E-state index contributed by atoms with van der Waals surface area (Å²) in [6.07, 6.45) is 6.25. The van der Waals surface area contributed by atoms with E-state index in [0.717, 1.165) is 11.5 Å². The Hall–Kier alpha value is -1.55. The van der Waals surface area contributed by atoms with Crippen molar-refractivity contribution in [2.75, 3.05) is 18.9 Å². The summed E-state index contributed by atoms with van der Waals surface area (Å²) >= 11 is 0. The summed E-state index contributed by atoms with van der Waals surface area (Å²) in [7, 11) is 2.21. The van der Waals surface area contributed by atoms with Crippen molar-refractivity contribution in [2.45, 2.75) is 31.8 Å². The second-order valence-corrected chi connectivity index (χ2v) is 5.26. The van der Waals surface area contributed by atoms with Gasteiger partial charge in [-0.2, -0.15) is 0 Å². The number of fused-ring (bicyclic) bond motifs is 1. The molecule has 1 aliphatic heterocycles. The average molecular weight is 244 g/mol. The van der Waals surface area contributed by atoms with E-state index < -0.39 is 0 Å². The number of likely N-dealkylation sites (tertiary alicyclic amines) is 1. The molecule has 0 aliphatic carbocycles. The number of rotatable bonds is 2. The fourth-order valence-corrected chi connectivity index (χ4v) is 2.69. The van der Waals surface area contributed by atoms with E-state index in [9.17, 15) is 0 Å². The van der Waals surface area contributed by atoms with Crippen LogP contribution in [0.1, 0.15) is 19.8 Å². The molecule has 4 nitrogen and oxygen atoms in total. The van der Waals surface area contributed by atoms with Crippen molar-refractivity contribution in [3.05, 3.63) is 30.6 Å². The van der Waals surface area contributed by atoms with Crippen LogP contribution in [-0.2, 0) is 0 Å². The van der Waals surface area contributed by atoms with Crippen molar-refractivity contribution in [3.63, 3.8) is 0 Å². The summed E-state index contributed by atoms with van der Waals surface area (Å²) in [5.41, 5.74) is 1.00. The van der Waals surface area contributed by atoms with Gasteiger partial charge < -0.3 is 10.2 Å². The molecule has 3 heterocycles. The van der Waals surface area contributed by atoms with E-state index in [4.69, 9.17) is 0 Å². The van der Waals surface area contributed by atoms with Gasteiger partial charge in [-0.1, -0.05) is 6.07 Å². The minimum Gasteiger partial charge on any atom is -0.368 e. The fourth-order valence-electron chi connectivity index (χ4n) is 2.69. The molecule has 2 unspecified atom stereocenters. The van der Waals surface area contributed by atoms with Crippen LogP contribution in [0.4, 0.5) is 5.82 Å². The molecule has 18 heavy (non-hydrogen) atoms. The molecule has 1 N–H and O–H groups in total.